The van der Waals surface area contributed by atoms with Crippen LogP contribution in [0.4, 0.5) is 10.8 Å². The van der Waals surface area contributed by atoms with Gasteiger partial charge in [-0.3, -0.25) is 0 Å². The zero-order valence-corrected chi connectivity index (χ0v) is 20.9. The summed E-state index contributed by atoms with van der Waals surface area (Å²) >= 11 is 3.19. The van der Waals surface area contributed by atoms with Crippen LogP contribution in [0.15, 0.2) is 52.6 Å². The van der Waals surface area contributed by atoms with Crippen molar-refractivity contribution in [1.29, 1.82) is 0 Å². The van der Waals surface area contributed by atoms with Gasteiger partial charge in [-0.25, -0.2) is 5.01 Å². The fraction of sp³-hybridized carbons (Fsp3) is 0.333. The van der Waals surface area contributed by atoms with E-state index in [4.69, 9.17) is 10.1 Å². The summed E-state index contributed by atoms with van der Waals surface area (Å²) in [5.74, 6) is 1.13. The zero-order chi connectivity index (χ0) is 22.8. The number of hydrazone groups is 1. The molecule has 0 spiro atoms. The molecular weight excluding hydrogens is 436 g/mol. The van der Waals surface area contributed by atoms with Gasteiger partial charge in [-0.2, -0.15) is 10.1 Å². The Morgan fingerprint density at radius 1 is 1.00 bits per heavy atom. The molecule has 1 atom stereocenters. The summed E-state index contributed by atoms with van der Waals surface area (Å²) in [6.07, 6.45) is 0. The van der Waals surface area contributed by atoms with Gasteiger partial charge in [0.05, 0.1) is 5.04 Å². The third-order valence-corrected chi connectivity index (χ3v) is 7.19. The van der Waals surface area contributed by atoms with Crippen LogP contribution in [-0.2, 0) is 0 Å². The average Bonchev–Trinajstić information content (AvgIpc) is 3.35. The number of nitrogens with one attached hydrogen (secondary N) is 1. The van der Waals surface area contributed by atoms with Crippen molar-refractivity contribution >= 4 is 44.9 Å². The topological polar surface area (TPSA) is 65.8 Å². The molecule has 0 saturated carbocycles. The Morgan fingerprint density at radius 2 is 1.75 bits per heavy atom. The number of hydrogen-bond donors (Lipinski definition) is 1. The summed E-state index contributed by atoms with van der Waals surface area (Å²) in [6.45, 7) is 12.6. The third-order valence-electron chi connectivity index (χ3n) is 5.34. The van der Waals surface area contributed by atoms with Crippen LogP contribution in [0.5, 0.6) is 0 Å². The van der Waals surface area contributed by atoms with Crippen molar-refractivity contribution in [3.63, 3.8) is 0 Å². The lowest BCUT2D eigenvalue weighted by Gasteiger charge is -2.25. The van der Waals surface area contributed by atoms with Gasteiger partial charge in [0, 0.05) is 5.69 Å². The van der Waals surface area contributed by atoms with E-state index >= 15 is 0 Å². The van der Waals surface area contributed by atoms with Gasteiger partial charge in [0.1, 0.15) is 10.4 Å². The second kappa shape index (κ2) is 9.42. The van der Waals surface area contributed by atoms with Crippen molar-refractivity contribution in [2.75, 3.05) is 5.32 Å². The van der Waals surface area contributed by atoms with E-state index in [-0.39, 0.29) is 5.37 Å². The van der Waals surface area contributed by atoms with Crippen LogP contribution in [0.1, 0.15) is 59.3 Å². The van der Waals surface area contributed by atoms with Crippen LogP contribution >= 0.6 is 23.1 Å². The Bertz CT molecular complexity index is 1160. The first kappa shape index (κ1) is 22.5. The minimum absolute atomic E-state index is 0.0111. The second-order valence-electron chi connectivity index (χ2n) is 8.22. The molecule has 1 aromatic heterocycles. The molecule has 3 aromatic rings. The minimum atomic E-state index is -0.0111. The van der Waals surface area contributed by atoms with Gasteiger partial charge >= 0.3 is 0 Å². The highest BCUT2D eigenvalue weighted by atomic mass is 32.2. The third kappa shape index (κ3) is 5.02. The predicted molar refractivity (Wildman–Crippen MR) is 137 cm³/mol. The first-order valence-electron chi connectivity index (χ1n) is 10.6. The molecule has 0 saturated heterocycles. The van der Waals surface area contributed by atoms with E-state index in [2.05, 4.69) is 85.7 Å². The number of guanidine groups is 1. The van der Waals surface area contributed by atoms with Crippen LogP contribution in [0.2, 0.25) is 0 Å². The Balaban J connectivity index is 1.72. The standard InChI is InChI=1S/C24H28N6S2/c1-14(2)19-8-10-20(11-9-19)22-30(29-18(6)31-22)23(26-24-28-27-17(5)32-24)25-21-12-7-15(3)16(4)13-21/h7-14,22H,1-6H3,(H,25,26,28). The first-order valence-corrected chi connectivity index (χ1v) is 12.3. The molecule has 1 aliphatic heterocycles. The number of aryl methyl sites for hydroxylation is 3. The second-order valence-corrected chi connectivity index (χ2v) is 10.7. The van der Waals surface area contributed by atoms with E-state index < -0.39 is 0 Å². The van der Waals surface area contributed by atoms with Crippen LogP contribution in [-0.4, -0.2) is 26.2 Å². The number of nitrogens with zero attached hydrogens (tertiary/aromatic N) is 5. The van der Waals surface area contributed by atoms with Gasteiger partial charge < -0.3 is 5.32 Å². The Morgan fingerprint density at radius 3 is 2.38 bits per heavy atom. The number of benzene rings is 2. The van der Waals surface area contributed by atoms with Crippen LogP contribution in [0.25, 0.3) is 0 Å². The zero-order valence-electron chi connectivity index (χ0n) is 19.2. The summed E-state index contributed by atoms with van der Waals surface area (Å²) in [7, 11) is 0. The van der Waals surface area contributed by atoms with Gasteiger partial charge in [-0.05, 0) is 68.0 Å². The molecule has 0 radical (unpaired) electrons. The van der Waals surface area contributed by atoms with Crippen molar-refractivity contribution in [1.82, 2.24) is 15.2 Å². The van der Waals surface area contributed by atoms with E-state index in [0.717, 1.165) is 15.7 Å². The predicted octanol–water partition coefficient (Wildman–Crippen LogP) is 6.77. The summed E-state index contributed by atoms with van der Waals surface area (Å²) in [6, 6.07) is 15.1. The summed E-state index contributed by atoms with van der Waals surface area (Å²) in [5, 5.41) is 21.1. The molecule has 6 nitrogen and oxygen atoms in total. The van der Waals surface area contributed by atoms with E-state index in [1.54, 1.807) is 11.8 Å². The molecule has 2 heterocycles. The fourth-order valence-electron chi connectivity index (χ4n) is 3.36. The average molecular weight is 465 g/mol. The minimum Gasteiger partial charge on any atom is -0.324 e. The summed E-state index contributed by atoms with van der Waals surface area (Å²) in [4.78, 5) is 4.82. The van der Waals surface area contributed by atoms with E-state index in [9.17, 15) is 0 Å². The Kier molecular flexibility index (Phi) is 6.62. The van der Waals surface area contributed by atoms with Gasteiger partial charge in [0.2, 0.25) is 11.1 Å². The highest BCUT2D eigenvalue weighted by Crippen LogP contribution is 2.40. The summed E-state index contributed by atoms with van der Waals surface area (Å²) < 4.78 is 0. The monoisotopic (exact) mass is 464 g/mol. The number of aromatic nitrogens is 2. The van der Waals surface area contributed by atoms with Crippen LogP contribution in [0, 0.1) is 20.8 Å². The van der Waals surface area contributed by atoms with Gasteiger partial charge in [0.25, 0.3) is 0 Å². The number of aliphatic imine (C=N–C) groups is 1. The normalized spacial score (nSPS) is 16.6. The number of rotatable bonds is 4. The van der Waals surface area contributed by atoms with Gasteiger partial charge in [0.15, 0.2) is 0 Å². The maximum Gasteiger partial charge on any atom is 0.234 e. The maximum absolute atomic E-state index is 4.82. The fourth-order valence-corrected chi connectivity index (χ4v) is 4.92. The number of hydrogen-bond acceptors (Lipinski definition) is 6. The van der Waals surface area contributed by atoms with Crippen LogP contribution in [0.3, 0.4) is 0 Å². The van der Waals surface area contributed by atoms with Crippen LogP contribution < -0.4 is 5.32 Å². The molecule has 0 fully saturated rings. The SMILES string of the molecule is CC1=NN(/C(=N/c2nnc(C)s2)Nc2ccc(C)c(C)c2)C(c2ccc(C(C)C)cc2)S1. The van der Waals surface area contributed by atoms with Crippen molar-refractivity contribution in [2.45, 2.75) is 52.8 Å². The van der Waals surface area contributed by atoms with Crippen molar-refractivity contribution in [2.24, 2.45) is 10.1 Å². The molecule has 1 unspecified atom stereocenters. The molecule has 0 amide bonds. The van der Waals surface area contributed by atoms with Crippen molar-refractivity contribution in [3.8, 4) is 0 Å². The largest absolute Gasteiger partial charge is 0.324 e. The van der Waals surface area contributed by atoms with Crippen molar-refractivity contribution < 1.29 is 0 Å². The molecule has 0 bridgehead atoms. The molecule has 0 aliphatic carbocycles. The molecule has 1 N–H and O–H groups in total. The smallest absolute Gasteiger partial charge is 0.234 e. The first-order chi connectivity index (χ1) is 15.3. The lowest BCUT2D eigenvalue weighted by Crippen LogP contribution is -2.32. The molecular formula is C24H28N6S2. The molecule has 32 heavy (non-hydrogen) atoms. The molecule has 4 rings (SSSR count). The highest BCUT2D eigenvalue weighted by molar-refractivity contribution is 8.14. The van der Waals surface area contributed by atoms with Gasteiger partial charge in [-0.1, -0.05) is 67.3 Å². The Labute approximate surface area is 197 Å². The lowest BCUT2D eigenvalue weighted by atomic mass is 10.0. The van der Waals surface area contributed by atoms with E-state index in [1.165, 1.54) is 33.6 Å². The number of anilines is 1. The van der Waals surface area contributed by atoms with E-state index in [1.807, 2.05) is 18.9 Å². The molecule has 8 heteroatoms. The molecule has 1 aliphatic rings. The van der Waals surface area contributed by atoms with E-state index in [0.29, 0.717) is 17.0 Å². The molecule has 166 valence electrons. The van der Waals surface area contributed by atoms with Gasteiger partial charge in [-0.15, -0.1) is 10.2 Å². The Hall–Kier alpha value is -2.71. The lowest BCUT2D eigenvalue weighted by molar-refractivity contribution is 0.438. The maximum atomic E-state index is 4.82. The number of thioether (sulfide) groups is 1. The van der Waals surface area contributed by atoms with Crippen molar-refractivity contribution in [3.05, 3.63) is 69.7 Å². The quantitative estimate of drug-likeness (QED) is 0.341. The highest BCUT2D eigenvalue weighted by Gasteiger charge is 2.31. The molecule has 2 aromatic carbocycles. The summed E-state index contributed by atoms with van der Waals surface area (Å²) in [5.41, 5.74) is 5.95.